The van der Waals surface area contributed by atoms with E-state index in [4.69, 9.17) is 0 Å². The Hall–Kier alpha value is -1.00. The molecule has 0 saturated heterocycles. The molecular formula is C12H18F3NO. The summed E-state index contributed by atoms with van der Waals surface area (Å²) in [5.41, 5.74) is -0.166. The summed E-state index contributed by atoms with van der Waals surface area (Å²) in [6.45, 7) is 10.1. The van der Waals surface area contributed by atoms with Crippen molar-refractivity contribution in [1.29, 1.82) is 0 Å². The first-order chi connectivity index (χ1) is 7.34. The number of hydrogen-bond acceptors (Lipinski definition) is 1. The lowest BCUT2D eigenvalue weighted by molar-refractivity contribution is -0.193. The van der Waals surface area contributed by atoms with Gasteiger partial charge in [-0.3, -0.25) is 4.79 Å². The van der Waals surface area contributed by atoms with Crippen molar-refractivity contribution in [1.82, 2.24) is 4.90 Å². The Balaban J connectivity index is 3.33. The molecule has 1 aliphatic rings. The lowest BCUT2D eigenvalue weighted by atomic mass is 9.93. The number of carbonyl (C=O) groups is 1. The van der Waals surface area contributed by atoms with Gasteiger partial charge in [-0.2, -0.15) is 13.2 Å². The summed E-state index contributed by atoms with van der Waals surface area (Å²) in [4.78, 5) is 12.5. The van der Waals surface area contributed by atoms with E-state index in [1.807, 2.05) is 0 Å². The van der Waals surface area contributed by atoms with Gasteiger partial charge in [-0.1, -0.05) is 0 Å². The molecule has 0 unspecified atom stereocenters. The van der Waals surface area contributed by atoms with Crippen molar-refractivity contribution in [2.24, 2.45) is 0 Å². The number of carbonyl (C=O) groups excluding carboxylic acids is 1. The van der Waals surface area contributed by atoms with Crippen LogP contribution in [0.1, 0.15) is 41.5 Å². The third kappa shape index (κ3) is 1.85. The molecule has 0 bridgehead atoms. The van der Waals surface area contributed by atoms with Gasteiger partial charge in [-0.05, 0) is 52.7 Å². The maximum atomic E-state index is 12.6. The first-order valence-corrected chi connectivity index (χ1v) is 5.44. The monoisotopic (exact) mass is 249 g/mol. The Morgan fingerprint density at radius 2 is 1.29 bits per heavy atom. The topological polar surface area (TPSA) is 20.3 Å². The van der Waals surface area contributed by atoms with Gasteiger partial charge in [-0.15, -0.1) is 0 Å². The van der Waals surface area contributed by atoms with Crippen LogP contribution in [0.2, 0.25) is 0 Å². The lowest BCUT2D eigenvalue weighted by Crippen LogP contribution is -2.58. The zero-order valence-corrected chi connectivity index (χ0v) is 11.0. The van der Waals surface area contributed by atoms with E-state index in [1.165, 1.54) is 0 Å². The van der Waals surface area contributed by atoms with Crippen LogP contribution in [0, 0.1) is 0 Å². The molecule has 1 aliphatic heterocycles. The van der Waals surface area contributed by atoms with Crippen molar-refractivity contribution in [2.75, 3.05) is 0 Å². The molecule has 17 heavy (non-hydrogen) atoms. The normalized spacial score (nSPS) is 23.2. The summed E-state index contributed by atoms with van der Waals surface area (Å²) in [5.74, 6) is -1.77. The Morgan fingerprint density at radius 3 is 1.53 bits per heavy atom. The highest BCUT2D eigenvalue weighted by molar-refractivity contribution is 5.85. The van der Waals surface area contributed by atoms with E-state index in [0.717, 1.165) is 16.0 Å². The first-order valence-electron chi connectivity index (χ1n) is 5.44. The van der Waals surface area contributed by atoms with Gasteiger partial charge in [0.15, 0.2) is 0 Å². The fourth-order valence-corrected chi connectivity index (χ4v) is 2.59. The second kappa shape index (κ2) is 3.50. The van der Waals surface area contributed by atoms with E-state index in [2.05, 4.69) is 0 Å². The molecule has 0 N–H and O–H groups in total. The molecule has 1 heterocycles. The second-order valence-corrected chi connectivity index (χ2v) is 5.51. The minimum atomic E-state index is -4.83. The van der Waals surface area contributed by atoms with E-state index >= 15 is 0 Å². The fraction of sp³-hybridized carbons (Fsp3) is 0.750. The maximum Gasteiger partial charge on any atom is 0.471 e. The molecule has 0 atom stereocenters. The van der Waals surface area contributed by atoms with E-state index in [9.17, 15) is 18.0 Å². The van der Waals surface area contributed by atoms with E-state index in [0.29, 0.717) is 0 Å². The number of hydrogen-bond donors (Lipinski definition) is 0. The molecule has 5 heteroatoms. The van der Waals surface area contributed by atoms with Crippen LogP contribution in [0.4, 0.5) is 13.2 Å². The Morgan fingerprint density at radius 1 is 1.00 bits per heavy atom. The highest BCUT2D eigenvalue weighted by atomic mass is 19.4. The van der Waals surface area contributed by atoms with E-state index in [1.54, 1.807) is 41.5 Å². The van der Waals surface area contributed by atoms with Gasteiger partial charge in [-0.25, -0.2) is 0 Å². The lowest BCUT2D eigenvalue weighted by Gasteiger charge is -2.42. The summed E-state index contributed by atoms with van der Waals surface area (Å²) in [5, 5.41) is 0. The molecule has 0 aromatic carbocycles. The molecule has 98 valence electrons. The van der Waals surface area contributed by atoms with Crippen LogP contribution >= 0.6 is 0 Å². The summed E-state index contributed by atoms with van der Waals surface area (Å²) in [6.07, 6.45) is -4.83. The van der Waals surface area contributed by atoms with E-state index < -0.39 is 23.2 Å². The predicted octanol–water partition coefficient (Wildman–Crippen LogP) is 3.28. The van der Waals surface area contributed by atoms with Crippen LogP contribution in [0.3, 0.4) is 0 Å². The summed E-state index contributed by atoms with van der Waals surface area (Å²) in [7, 11) is 0. The Bertz CT molecular complexity index is 367. The van der Waals surface area contributed by atoms with Gasteiger partial charge in [0.05, 0.1) is 11.1 Å². The van der Waals surface area contributed by atoms with Crippen molar-refractivity contribution in [3.05, 3.63) is 11.1 Å². The molecule has 1 rings (SSSR count). The number of alkyl halides is 3. The highest BCUT2D eigenvalue weighted by Gasteiger charge is 2.56. The fourth-order valence-electron chi connectivity index (χ4n) is 2.59. The number of nitrogens with zero attached hydrogens (tertiary/aromatic N) is 1. The molecule has 0 fully saturated rings. The zero-order valence-electron chi connectivity index (χ0n) is 11.0. The molecule has 0 spiro atoms. The van der Waals surface area contributed by atoms with Gasteiger partial charge in [0, 0.05) is 0 Å². The van der Waals surface area contributed by atoms with Crippen molar-refractivity contribution in [2.45, 2.75) is 58.8 Å². The molecule has 2 nitrogen and oxygen atoms in total. The molecule has 0 aromatic heterocycles. The summed E-state index contributed by atoms with van der Waals surface area (Å²) in [6, 6.07) is 0. The molecule has 1 amide bonds. The van der Waals surface area contributed by atoms with E-state index in [-0.39, 0.29) is 0 Å². The van der Waals surface area contributed by atoms with Gasteiger partial charge < -0.3 is 4.90 Å². The van der Waals surface area contributed by atoms with Gasteiger partial charge >= 0.3 is 12.1 Å². The Kier molecular flexibility index (Phi) is 2.89. The Labute approximate surface area is 99.5 Å². The van der Waals surface area contributed by atoms with Gasteiger partial charge in [0.2, 0.25) is 0 Å². The van der Waals surface area contributed by atoms with Crippen LogP contribution in [0.25, 0.3) is 0 Å². The summed E-state index contributed by atoms with van der Waals surface area (Å²) < 4.78 is 37.9. The molecule has 0 radical (unpaired) electrons. The number of halogens is 3. The highest BCUT2D eigenvalue weighted by Crippen LogP contribution is 2.46. The van der Waals surface area contributed by atoms with Crippen molar-refractivity contribution >= 4 is 5.91 Å². The van der Waals surface area contributed by atoms with Crippen molar-refractivity contribution in [3.8, 4) is 0 Å². The second-order valence-electron chi connectivity index (χ2n) is 5.51. The predicted molar refractivity (Wildman–Crippen MR) is 59.4 cm³/mol. The van der Waals surface area contributed by atoms with Crippen LogP contribution in [-0.4, -0.2) is 28.1 Å². The smallest absolute Gasteiger partial charge is 0.317 e. The van der Waals surface area contributed by atoms with Crippen LogP contribution in [0.5, 0.6) is 0 Å². The minimum absolute atomic E-state index is 0.820. The summed E-state index contributed by atoms with van der Waals surface area (Å²) >= 11 is 0. The van der Waals surface area contributed by atoms with Crippen LogP contribution in [-0.2, 0) is 4.79 Å². The molecule has 0 saturated carbocycles. The average Bonchev–Trinajstić information content (AvgIpc) is 2.22. The number of amides is 1. The standard InChI is InChI=1S/C12H18F3NO/c1-7-8(2)11(5,6)16(10(7,3)4)9(17)12(13,14)15/h1-6H3. The molecule has 0 aromatic rings. The molecular weight excluding hydrogens is 231 g/mol. The zero-order chi connectivity index (χ0) is 13.8. The third-order valence-corrected chi connectivity index (χ3v) is 3.96. The third-order valence-electron chi connectivity index (χ3n) is 3.96. The quantitative estimate of drug-likeness (QED) is 0.603. The SMILES string of the molecule is CC1=C(C)C(C)(C)N(C(=O)C(F)(F)F)C1(C)C. The molecule has 0 aliphatic carbocycles. The van der Waals surface area contributed by atoms with Gasteiger partial charge in [0.25, 0.3) is 0 Å². The van der Waals surface area contributed by atoms with Crippen molar-refractivity contribution < 1.29 is 18.0 Å². The average molecular weight is 249 g/mol. The van der Waals surface area contributed by atoms with Crippen LogP contribution < -0.4 is 0 Å². The largest absolute Gasteiger partial charge is 0.471 e. The first kappa shape index (κ1) is 14.1. The minimum Gasteiger partial charge on any atom is -0.317 e. The van der Waals surface area contributed by atoms with Gasteiger partial charge in [0.1, 0.15) is 0 Å². The van der Waals surface area contributed by atoms with Crippen molar-refractivity contribution in [3.63, 3.8) is 0 Å². The maximum absolute atomic E-state index is 12.6. The van der Waals surface area contributed by atoms with Crippen LogP contribution in [0.15, 0.2) is 11.1 Å². The number of rotatable bonds is 0.